The highest BCUT2D eigenvalue weighted by Crippen LogP contribution is 2.67. The molecule has 0 radical (unpaired) electrons. The van der Waals surface area contributed by atoms with Gasteiger partial charge in [-0.15, -0.1) is 0 Å². The van der Waals surface area contributed by atoms with Crippen LogP contribution in [0.4, 0.5) is 13.2 Å². The first-order chi connectivity index (χ1) is 14.8. The van der Waals surface area contributed by atoms with Gasteiger partial charge in [0.1, 0.15) is 6.10 Å². The van der Waals surface area contributed by atoms with Gasteiger partial charge in [0.05, 0.1) is 5.60 Å². The van der Waals surface area contributed by atoms with Gasteiger partial charge in [0.2, 0.25) is 0 Å². The maximum atomic E-state index is 12.8. The van der Waals surface area contributed by atoms with Gasteiger partial charge in [-0.1, -0.05) is 39.3 Å². The number of aliphatic hydroxyl groups is 2. The Morgan fingerprint density at radius 3 is 2.44 bits per heavy atom. The highest BCUT2D eigenvalue weighted by atomic mass is 19.4. The van der Waals surface area contributed by atoms with Crippen LogP contribution in [0.2, 0.25) is 0 Å². The van der Waals surface area contributed by atoms with E-state index in [4.69, 9.17) is 0 Å². The van der Waals surface area contributed by atoms with Crippen molar-refractivity contribution in [3.05, 3.63) is 11.6 Å². The molecule has 3 saturated carbocycles. The predicted octanol–water partition coefficient (Wildman–Crippen LogP) is 7.05. The molecule has 3 fully saturated rings. The second-order valence-electron chi connectivity index (χ2n) is 12.4. The molecule has 0 aromatic rings. The normalized spacial score (nSPS) is 46.0. The zero-order chi connectivity index (χ0) is 23.5. The highest BCUT2D eigenvalue weighted by molar-refractivity contribution is 5.27. The topological polar surface area (TPSA) is 40.5 Å². The summed E-state index contributed by atoms with van der Waals surface area (Å²) in [5, 5.41) is 20.4. The van der Waals surface area contributed by atoms with Crippen LogP contribution < -0.4 is 0 Å². The van der Waals surface area contributed by atoms with Crippen LogP contribution >= 0.6 is 0 Å². The molecular formula is C27H43F3O2. The summed E-state index contributed by atoms with van der Waals surface area (Å²) in [6.07, 6.45) is 5.39. The van der Waals surface area contributed by atoms with Gasteiger partial charge < -0.3 is 10.2 Å². The van der Waals surface area contributed by atoms with Crippen molar-refractivity contribution in [1.82, 2.24) is 0 Å². The van der Waals surface area contributed by atoms with Crippen LogP contribution in [-0.2, 0) is 0 Å². The number of alkyl halides is 3. The quantitative estimate of drug-likeness (QED) is 0.435. The minimum absolute atomic E-state index is 0.182. The summed E-state index contributed by atoms with van der Waals surface area (Å²) in [7, 11) is 0. The molecule has 4 rings (SSSR count). The predicted molar refractivity (Wildman–Crippen MR) is 121 cm³/mol. The lowest BCUT2D eigenvalue weighted by molar-refractivity contribution is -0.206. The summed E-state index contributed by atoms with van der Waals surface area (Å²) < 4.78 is 38.3. The molecule has 1 unspecified atom stereocenters. The van der Waals surface area contributed by atoms with Crippen molar-refractivity contribution in [3.63, 3.8) is 0 Å². The van der Waals surface area contributed by atoms with E-state index in [1.807, 2.05) is 0 Å². The number of rotatable bonds is 5. The first-order valence-electron chi connectivity index (χ1n) is 13.0. The fraction of sp³-hybridized carbons (Fsp3) is 0.926. The molecule has 2 nitrogen and oxygen atoms in total. The molecule has 0 aromatic heterocycles. The fourth-order valence-electron chi connectivity index (χ4n) is 8.77. The SMILES string of the molecule is CC[C@]1(O)CC[C@@]2(C)C(=CC[C@@H]3[C@@H]2CC[C@]2(C)C([C@H](C)CC[C@@H](O)C(F)(F)F)CC[C@@H]32)C1. The van der Waals surface area contributed by atoms with Crippen molar-refractivity contribution >= 4 is 0 Å². The molecule has 32 heavy (non-hydrogen) atoms. The Morgan fingerprint density at radius 1 is 1.06 bits per heavy atom. The maximum Gasteiger partial charge on any atom is 0.414 e. The highest BCUT2D eigenvalue weighted by Gasteiger charge is 2.59. The molecule has 0 aliphatic heterocycles. The molecule has 5 heteroatoms. The Labute approximate surface area is 192 Å². The summed E-state index contributed by atoms with van der Waals surface area (Å²) in [4.78, 5) is 0. The fourth-order valence-corrected chi connectivity index (χ4v) is 8.77. The van der Waals surface area contributed by atoms with E-state index < -0.39 is 17.9 Å². The molecule has 4 aliphatic carbocycles. The molecule has 0 spiro atoms. The van der Waals surface area contributed by atoms with Gasteiger partial charge >= 0.3 is 6.18 Å². The second kappa shape index (κ2) is 8.29. The van der Waals surface area contributed by atoms with E-state index in [1.165, 1.54) is 18.4 Å². The summed E-state index contributed by atoms with van der Waals surface area (Å²) in [5.41, 5.74) is 1.36. The number of hydrogen-bond donors (Lipinski definition) is 2. The average Bonchev–Trinajstić information content (AvgIpc) is 3.09. The van der Waals surface area contributed by atoms with Gasteiger partial charge in [0, 0.05) is 0 Å². The van der Waals surface area contributed by atoms with E-state index in [-0.39, 0.29) is 23.2 Å². The third-order valence-electron chi connectivity index (χ3n) is 10.9. The molecule has 4 aliphatic rings. The third-order valence-corrected chi connectivity index (χ3v) is 10.9. The van der Waals surface area contributed by atoms with Crippen molar-refractivity contribution in [3.8, 4) is 0 Å². The van der Waals surface area contributed by atoms with E-state index >= 15 is 0 Å². The molecule has 0 aromatic carbocycles. The number of halogens is 3. The lowest BCUT2D eigenvalue weighted by Gasteiger charge is -2.59. The van der Waals surface area contributed by atoms with Gasteiger partial charge in [-0.25, -0.2) is 0 Å². The first kappa shape index (κ1) is 24.6. The zero-order valence-corrected chi connectivity index (χ0v) is 20.3. The van der Waals surface area contributed by atoms with E-state index in [9.17, 15) is 23.4 Å². The Morgan fingerprint density at radius 2 is 1.78 bits per heavy atom. The van der Waals surface area contributed by atoms with Crippen molar-refractivity contribution in [2.45, 2.75) is 116 Å². The van der Waals surface area contributed by atoms with Crippen molar-refractivity contribution < 1.29 is 23.4 Å². The standard InChI is InChI=1S/C27H43F3O2/c1-5-26(32)15-14-24(3)18(16-26)7-8-19-21-10-9-20(25(21,4)13-12-22(19)24)17(2)6-11-23(31)27(28,29)30/h7,17,19-23,31-32H,5-6,8-16H2,1-4H3/t17-,19+,20?,21+,22+,23-,24+,25-,26+/m1/s1. The largest absolute Gasteiger partial charge is 0.414 e. The van der Waals surface area contributed by atoms with Crippen LogP contribution in [0, 0.1) is 40.4 Å². The Hall–Kier alpha value is -0.550. The van der Waals surface area contributed by atoms with Crippen molar-refractivity contribution in [1.29, 1.82) is 0 Å². The Bertz CT molecular complexity index is 733. The summed E-state index contributed by atoms with van der Waals surface area (Å²) >= 11 is 0. The second-order valence-corrected chi connectivity index (χ2v) is 12.4. The summed E-state index contributed by atoms with van der Waals surface area (Å²) in [6.45, 7) is 9.07. The van der Waals surface area contributed by atoms with E-state index in [0.29, 0.717) is 30.1 Å². The van der Waals surface area contributed by atoms with Gasteiger partial charge in [-0.3, -0.25) is 0 Å². The lowest BCUT2D eigenvalue weighted by atomic mass is 9.46. The number of allylic oxidation sites excluding steroid dienone is 1. The number of fused-ring (bicyclic) bond motifs is 5. The van der Waals surface area contributed by atoms with Crippen LogP contribution in [0.5, 0.6) is 0 Å². The molecular weight excluding hydrogens is 413 g/mol. The molecule has 0 amide bonds. The number of hydrogen-bond acceptors (Lipinski definition) is 2. The molecule has 0 heterocycles. The smallest absolute Gasteiger partial charge is 0.390 e. The molecule has 0 bridgehead atoms. The van der Waals surface area contributed by atoms with Crippen LogP contribution in [-0.4, -0.2) is 28.1 Å². The summed E-state index contributed by atoms with van der Waals surface area (Å²) in [5.74, 6) is 2.63. The van der Waals surface area contributed by atoms with Crippen LogP contribution in [0.1, 0.15) is 98.3 Å². The lowest BCUT2D eigenvalue weighted by Crippen LogP contribution is -2.52. The van der Waals surface area contributed by atoms with Crippen LogP contribution in [0.3, 0.4) is 0 Å². The van der Waals surface area contributed by atoms with Crippen molar-refractivity contribution in [2.24, 2.45) is 40.4 Å². The molecule has 0 saturated heterocycles. The minimum atomic E-state index is -4.51. The number of aliphatic hydroxyl groups excluding tert-OH is 1. The average molecular weight is 457 g/mol. The van der Waals surface area contributed by atoms with E-state index in [0.717, 1.165) is 44.9 Å². The molecule has 184 valence electrons. The van der Waals surface area contributed by atoms with Gasteiger partial charge in [-0.05, 0) is 111 Å². The maximum absolute atomic E-state index is 12.8. The van der Waals surface area contributed by atoms with Crippen molar-refractivity contribution in [2.75, 3.05) is 0 Å². The van der Waals surface area contributed by atoms with E-state index in [2.05, 4.69) is 33.8 Å². The first-order valence-corrected chi connectivity index (χ1v) is 13.0. The van der Waals surface area contributed by atoms with E-state index in [1.54, 1.807) is 0 Å². The monoisotopic (exact) mass is 456 g/mol. The minimum Gasteiger partial charge on any atom is -0.390 e. The Kier molecular flexibility index (Phi) is 6.36. The van der Waals surface area contributed by atoms with Crippen LogP contribution in [0.15, 0.2) is 11.6 Å². The van der Waals surface area contributed by atoms with Crippen LogP contribution in [0.25, 0.3) is 0 Å². The Balaban J connectivity index is 1.48. The van der Waals surface area contributed by atoms with Gasteiger partial charge in [0.25, 0.3) is 0 Å². The third kappa shape index (κ3) is 3.97. The van der Waals surface area contributed by atoms with Gasteiger partial charge in [-0.2, -0.15) is 13.2 Å². The zero-order valence-electron chi connectivity index (χ0n) is 20.3. The van der Waals surface area contributed by atoms with Gasteiger partial charge in [0.15, 0.2) is 0 Å². The molecule has 2 N–H and O–H groups in total. The summed E-state index contributed by atoms with van der Waals surface area (Å²) in [6, 6.07) is 0. The molecule has 9 atom stereocenters.